The van der Waals surface area contributed by atoms with E-state index in [2.05, 4.69) is 0 Å². The molecule has 9 nitrogen and oxygen atoms in total. The van der Waals surface area contributed by atoms with Gasteiger partial charge in [0.05, 0.1) is 23.3 Å². The molecule has 0 bridgehead atoms. The van der Waals surface area contributed by atoms with Gasteiger partial charge in [-0.05, 0) is 72.8 Å². The minimum absolute atomic E-state index is 0.109. The fourth-order valence-electron chi connectivity index (χ4n) is 3.78. The number of halogens is 3. The van der Waals surface area contributed by atoms with Crippen molar-refractivity contribution in [2.24, 2.45) is 0 Å². The molecule has 3 aromatic carbocycles. The standard InChI is InChI=1S/C27H21F3O9/c28-17-7-1-14(2-8-17)24(32)37-21-20(13-31)36-27(35)23(39-26(34)16-5-11-19(30)12-6-16)22(21)38-25(33)15-3-9-18(29)10-4-15/h1-12,20-23,27,31,35H,13H2/t20-,21-,22+,23-,27-/m1/s1. The molecular formula is C27H21F3O9. The Morgan fingerprint density at radius 1 is 0.615 bits per heavy atom. The number of benzene rings is 3. The molecular weight excluding hydrogens is 525 g/mol. The maximum atomic E-state index is 13.3. The van der Waals surface area contributed by atoms with Gasteiger partial charge in [0.15, 0.2) is 24.6 Å². The van der Waals surface area contributed by atoms with Crippen LogP contribution in [0.1, 0.15) is 31.1 Å². The molecule has 1 fully saturated rings. The van der Waals surface area contributed by atoms with Crippen molar-refractivity contribution in [2.75, 3.05) is 6.61 Å². The number of aliphatic hydroxyl groups is 2. The van der Waals surface area contributed by atoms with Gasteiger partial charge in [-0.25, -0.2) is 27.6 Å². The first-order valence-electron chi connectivity index (χ1n) is 11.5. The summed E-state index contributed by atoms with van der Waals surface area (Å²) in [5.74, 6) is -5.07. The average Bonchev–Trinajstić information content (AvgIpc) is 2.92. The predicted molar refractivity (Wildman–Crippen MR) is 125 cm³/mol. The molecule has 2 N–H and O–H groups in total. The molecule has 1 saturated heterocycles. The van der Waals surface area contributed by atoms with Crippen molar-refractivity contribution in [3.05, 3.63) is 107 Å². The minimum atomic E-state index is -1.97. The molecule has 4 rings (SSSR count). The summed E-state index contributed by atoms with van der Waals surface area (Å²) in [7, 11) is 0. The van der Waals surface area contributed by atoms with Crippen LogP contribution in [-0.2, 0) is 18.9 Å². The highest BCUT2D eigenvalue weighted by molar-refractivity contribution is 5.91. The van der Waals surface area contributed by atoms with Gasteiger partial charge >= 0.3 is 17.9 Å². The van der Waals surface area contributed by atoms with E-state index in [1.54, 1.807) is 0 Å². The molecule has 1 aliphatic heterocycles. The summed E-state index contributed by atoms with van der Waals surface area (Å²) in [5, 5.41) is 20.5. The molecule has 5 atom stereocenters. The summed E-state index contributed by atoms with van der Waals surface area (Å²) in [4.78, 5) is 38.5. The summed E-state index contributed by atoms with van der Waals surface area (Å²) in [6.45, 7) is -0.832. The lowest BCUT2D eigenvalue weighted by Crippen LogP contribution is -2.62. The van der Waals surface area contributed by atoms with Crippen LogP contribution in [0.3, 0.4) is 0 Å². The summed E-state index contributed by atoms with van der Waals surface area (Å²) in [6.07, 6.45) is -8.64. The lowest BCUT2D eigenvalue weighted by atomic mass is 9.98. The van der Waals surface area contributed by atoms with E-state index in [1.165, 1.54) is 0 Å². The van der Waals surface area contributed by atoms with E-state index in [0.29, 0.717) is 0 Å². The lowest BCUT2D eigenvalue weighted by molar-refractivity contribution is -0.284. The SMILES string of the molecule is O=C(O[C@@H]1[C@@H](OC(=O)c2ccc(F)cc2)[C@H](O)O[C@H](CO)[C@H]1OC(=O)c1ccc(F)cc1)c1ccc(F)cc1. The molecule has 0 amide bonds. The summed E-state index contributed by atoms with van der Waals surface area (Å²) < 4.78 is 61.5. The Balaban J connectivity index is 1.66. The first-order valence-corrected chi connectivity index (χ1v) is 11.5. The maximum Gasteiger partial charge on any atom is 0.338 e. The molecule has 0 saturated carbocycles. The normalized spacial score (nSPS) is 22.5. The van der Waals surface area contributed by atoms with E-state index in [1.807, 2.05) is 0 Å². The zero-order valence-corrected chi connectivity index (χ0v) is 19.9. The summed E-state index contributed by atoms with van der Waals surface area (Å²) in [6, 6.07) is 12.6. The highest BCUT2D eigenvalue weighted by Crippen LogP contribution is 2.29. The average molecular weight is 546 g/mol. The zero-order chi connectivity index (χ0) is 28.1. The molecule has 12 heteroatoms. The first-order chi connectivity index (χ1) is 18.7. The third-order valence-corrected chi connectivity index (χ3v) is 5.76. The Hall–Kier alpha value is -4.26. The Bertz CT molecular complexity index is 1310. The molecule has 204 valence electrons. The van der Waals surface area contributed by atoms with Gasteiger partial charge < -0.3 is 29.2 Å². The van der Waals surface area contributed by atoms with Gasteiger partial charge in [-0.3, -0.25) is 0 Å². The van der Waals surface area contributed by atoms with E-state index in [9.17, 15) is 37.8 Å². The third-order valence-electron chi connectivity index (χ3n) is 5.76. The Morgan fingerprint density at radius 2 is 0.949 bits per heavy atom. The van der Waals surface area contributed by atoms with Gasteiger partial charge in [-0.1, -0.05) is 0 Å². The van der Waals surface area contributed by atoms with Crippen LogP contribution >= 0.6 is 0 Å². The van der Waals surface area contributed by atoms with Gasteiger partial charge in [0.1, 0.15) is 23.6 Å². The van der Waals surface area contributed by atoms with E-state index in [-0.39, 0.29) is 16.7 Å². The first kappa shape index (κ1) is 27.8. The Kier molecular flexibility index (Phi) is 8.59. The van der Waals surface area contributed by atoms with Crippen molar-refractivity contribution < 1.29 is 56.7 Å². The number of hydrogen-bond acceptors (Lipinski definition) is 9. The van der Waals surface area contributed by atoms with Gasteiger partial charge in [-0.2, -0.15) is 0 Å². The second-order valence-electron chi connectivity index (χ2n) is 8.38. The van der Waals surface area contributed by atoms with Crippen molar-refractivity contribution in [3.8, 4) is 0 Å². The third kappa shape index (κ3) is 6.60. The number of rotatable bonds is 7. The van der Waals surface area contributed by atoms with Gasteiger partial charge in [0.2, 0.25) is 0 Å². The maximum absolute atomic E-state index is 13.3. The minimum Gasteiger partial charge on any atom is -0.452 e. The Morgan fingerprint density at radius 3 is 1.31 bits per heavy atom. The van der Waals surface area contributed by atoms with E-state index in [0.717, 1.165) is 72.8 Å². The van der Waals surface area contributed by atoms with Gasteiger partial charge in [0, 0.05) is 0 Å². The molecule has 0 spiro atoms. The van der Waals surface area contributed by atoms with Crippen molar-refractivity contribution in [2.45, 2.75) is 30.7 Å². The number of ether oxygens (including phenoxy) is 4. The van der Waals surface area contributed by atoms with Crippen molar-refractivity contribution in [3.63, 3.8) is 0 Å². The number of esters is 3. The summed E-state index contributed by atoms with van der Waals surface area (Å²) in [5.41, 5.74) is -0.371. The van der Waals surface area contributed by atoms with Crippen LogP contribution in [-0.4, -0.2) is 65.4 Å². The molecule has 0 unspecified atom stereocenters. The van der Waals surface area contributed by atoms with Crippen LogP contribution in [0.25, 0.3) is 0 Å². The molecule has 39 heavy (non-hydrogen) atoms. The van der Waals surface area contributed by atoms with E-state index < -0.39 is 72.7 Å². The molecule has 1 aliphatic rings. The number of hydrogen-bond donors (Lipinski definition) is 2. The monoisotopic (exact) mass is 546 g/mol. The fourth-order valence-corrected chi connectivity index (χ4v) is 3.78. The van der Waals surface area contributed by atoms with Crippen molar-refractivity contribution in [1.29, 1.82) is 0 Å². The van der Waals surface area contributed by atoms with Crippen molar-refractivity contribution in [1.82, 2.24) is 0 Å². The lowest BCUT2D eigenvalue weighted by Gasteiger charge is -2.42. The highest BCUT2D eigenvalue weighted by Gasteiger charge is 2.52. The molecule has 0 radical (unpaired) electrons. The quantitative estimate of drug-likeness (QED) is 0.340. The van der Waals surface area contributed by atoms with E-state index >= 15 is 0 Å². The molecule has 0 aliphatic carbocycles. The Labute approximate surface area is 219 Å². The highest BCUT2D eigenvalue weighted by atomic mass is 19.1. The second-order valence-corrected chi connectivity index (χ2v) is 8.38. The molecule has 3 aromatic rings. The number of aliphatic hydroxyl groups excluding tert-OH is 2. The largest absolute Gasteiger partial charge is 0.452 e. The zero-order valence-electron chi connectivity index (χ0n) is 19.9. The molecule has 1 heterocycles. The van der Waals surface area contributed by atoms with Gasteiger partial charge in [0.25, 0.3) is 0 Å². The van der Waals surface area contributed by atoms with E-state index in [4.69, 9.17) is 18.9 Å². The number of carbonyl (C=O) groups excluding carboxylic acids is 3. The van der Waals surface area contributed by atoms with Crippen LogP contribution < -0.4 is 0 Å². The predicted octanol–water partition coefficient (Wildman–Crippen LogP) is 2.79. The van der Waals surface area contributed by atoms with Crippen LogP contribution in [0.2, 0.25) is 0 Å². The second kappa shape index (κ2) is 12.1. The fraction of sp³-hybridized carbons (Fsp3) is 0.222. The van der Waals surface area contributed by atoms with Crippen LogP contribution in [0.5, 0.6) is 0 Å². The van der Waals surface area contributed by atoms with Crippen molar-refractivity contribution >= 4 is 17.9 Å². The molecule has 0 aromatic heterocycles. The van der Waals surface area contributed by atoms with Crippen LogP contribution in [0, 0.1) is 17.5 Å². The number of carbonyl (C=O) groups is 3. The van der Waals surface area contributed by atoms with Crippen LogP contribution in [0.15, 0.2) is 72.8 Å². The van der Waals surface area contributed by atoms with Gasteiger partial charge in [-0.15, -0.1) is 0 Å². The van der Waals surface area contributed by atoms with Crippen LogP contribution in [0.4, 0.5) is 13.2 Å². The summed E-state index contributed by atoms with van der Waals surface area (Å²) >= 11 is 0. The smallest absolute Gasteiger partial charge is 0.338 e. The topological polar surface area (TPSA) is 129 Å².